The molecule has 0 saturated carbocycles. The van der Waals surface area contributed by atoms with Gasteiger partial charge < -0.3 is 4.90 Å². The van der Waals surface area contributed by atoms with Crippen LogP contribution in [0.5, 0.6) is 0 Å². The molecule has 2 aromatic heterocycles. The summed E-state index contributed by atoms with van der Waals surface area (Å²) in [6, 6.07) is 1.76. The van der Waals surface area contributed by atoms with E-state index >= 15 is 0 Å². The molecule has 0 aliphatic carbocycles. The lowest BCUT2D eigenvalue weighted by molar-refractivity contribution is 0.707. The molecule has 0 unspecified atom stereocenters. The highest BCUT2D eigenvalue weighted by atomic mass is 16.2. The van der Waals surface area contributed by atoms with Gasteiger partial charge in [-0.15, -0.1) is 0 Å². The zero-order valence-corrected chi connectivity index (χ0v) is 10.3. The van der Waals surface area contributed by atoms with Crippen LogP contribution in [0.2, 0.25) is 0 Å². The van der Waals surface area contributed by atoms with Crippen LogP contribution < -0.4 is 16.1 Å². The third kappa shape index (κ3) is 1.52. The normalized spacial score (nSPS) is 10.8. The molecule has 17 heavy (non-hydrogen) atoms. The maximum absolute atomic E-state index is 12.1. The maximum Gasteiger partial charge on any atom is 0.332 e. The second-order valence-electron chi connectivity index (χ2n) is 4.13. The summed E-state index contributed by atoms with van der Waals surface area (Å²) in [7, 11) is 6.77. The van der Waals surface area contributed by atoms with Crippen molar-refractivity contribution in [3.8, 4) is 0 Å². The zero-order valence-electron chi connectivity index (χ0n) is 10.3. The molecule has 2 rings (SSSR count). The Balaban J connectivity index is 3.12. The molecule has 0 aliphatic rings. The number of nitrogens with zero attached hydrogens (tertiary/aromatic N) is 4. The van der Waals surface area contributed by atoms with E-state index in [0.717, 1.165) is 10.3 Å². The van der Waals surface area contributed by atoms with Gasteiger partial charge in [0, 0.05) is 34.4 Å². The molecular formula is C11H14N4O2. The average molecular weight is 234 g/mol. The molecule has 0 bridgehead atoms. The molecule has 6 heteroatoms. The summed E-state index contributed by atoms with van der Waals surface area (Å²) >= 11 is 0. The highest BCUT2D eigenvalue weighted by Crippen LogP contribution is 2.18. The monoisotopic (exact) mass is 234 g/mol. The highest BCUT2D eigenvalue weighted by molar-refractivity contribution is 5.88. The quantitative estimate of drug-likeness (QED) is 0.679. The first kappa shape index (κ1) is 11.4. The predicted octanol–water partition coefficient (Wildman–Crippen LogP) is -0.302. The van der Waals surface area contributed by atoms with E-state index in [1.807, 2.05) is 19.0 Å². The van der Waals surface area contributed by atoms with E-state index < -0.39 is 0 Å². The summed E-state index contributed by atoms with van der Waals surface area (Å²) in [5.41, 5.74) is 0.473. The molecule has 0 N–H and O–H groups in total. The number of rotatable bonds is 1. The molecule has 0 fully saturated rings. The van der Waals surface area contributed by atoms with Gasteiger partial charge in [-0.25, -0.2) is 9.78 Å². The number of hydrogen-bond acceptors (Lipinski definition) is 4. The van der Waals surface area contributed by atoms with Gasteiger partial charge >= 0.3 is 5.69 Å². The molecule has 0 spiro atoms. The molecule has 0 aromatic carbocycles. The van der Waals surface area contributed by atoms with Crippen LogP contribution in [0, 0.1) is 0 Å². The van der Waals surface area contributed by atoms with Crippen LogP contribution in [0.15, 0.2) is 21.9 Å². The lowest BCUT2D eigenvalue weighted by Gasteiger charge is -2.15. The zero-order chi connectivity index (χ0) is 12.7. The molecule has 6 nitrogen and oxygen atoms in total. The summed E-state index contributed by atoms with van der Waals surface area (Å²) in [6.45, 7) is 0. The smallest absolute Gasteiger partial charge is 0.332 e. The Morgan fingerprint density at radius 2 is 1.82 bits per heavy atom. The van der Waals surface area contributed by atoms with Crippen LogP contribution in [0.1, 0.15) is 0 Å². The van der Waals surface area contributed by atoms with Crippen molar-refractivity contribution in [1.29, 1.82) is 0 Å². The van der Waals surface area contributed by atoms with E-state index in [-0.39, 0.29) is 11.2 Å². The number of hydrogen-bond donors (Lipinski definition) is 0. The van der Waals surface area contributed by atoms with E-state index in [1.54, 1.807) is 19.3 Å². The standard InChI is InChI=1S/C11H14N4O2/c1-13(2)7-5-6-12-9-8(7)10(16)15(4)11(17)14(9)3/h5-6H,1-4H3. The molecule has 0 atom stereocenters. The summed E-state index contributed by atoms with van der Waals surface area (Å²) in [6.07, 6.45) is 1.59. The first-order valence-corrected chi connectivity index (χ1v) is 5.17. The fraction of sp³-hybridized carbons (Fsp3) is 0.364. The molecule has 0 amide bonds. The van der Waals surface area contributed by atoms with Crippen molar-refractivity contribution in [2.24, 2.45) is 14.1 Å². The Morgan fingerprint density at radius 3 is 2.41 bits per heavy atom. The van der Waals surface area contributed by atoms with Crippen molar-refractivity contribution >= 4 is 16.7 Å². The van der Waals surface area contributed by atoms with Gasteiger partial charge in [0.2, 0.25) is 0 Å². The van der Waals surface area contributed by atoms with Gasteiger partial charge in [0.15, 0.2) is 5.65 Å². The Labute approximate surface area is 97.7 Å². The molecule has 2 heterocycles. The van der Waals surface area contributed by atoms with Crippen molar-refractivity contribution in [3.05, 3.63) is 33.1 Å². The molecule has 2 aromatic rings. The van der Waals surface area contributed by atoms with E-state index in [4.69, 9.17) is 0 Å². The van der Waals surface area contributed by atoms with Crippen molar-refractivity contribution in [3.63, 3.8) is 0 Å². The first-order valence-electron chi connectivity index (χ1n) is 5.17. The number of fused-ring (bicyclic) bond motifs is 1. The Hall–Kier alpha value is -2.11. The van der Waals surface area contributed by atoms with Crippen molar-refractivity contribution in [2.45, 2.75) is 0 Å². The molecule has 0 saturated heterocycles. The minimum absolute atomic E-state index is 0.320. The van der Waals surface area contributed by atoms with Gasteiger partial charge in [-0.3, -0.25) is 13.9 Å². The minimum atomic E-state index is -0.370. The second kappa shape index (κ2) is 3.73. The summed E-state index contributed by atoms with van der Waals surface area (Å²) < 4.78 is 2.47. The molecule has 0 aliphatic heterocycles. The van der Waals surface area contributed by atoms with Gasteiger partial charge in [-0.1, -0.05) is 0 Å². The highest BCUT2D eigenvalue weighted by Gasteiger charge is 2.13. The Bertz CT molecular complexity index is 697. The molecule has 0 radical (unpaired) electrons. The van der Waals surface area contributed by atoms with E-state index in [1.165, 1.54) is 11.6 Å². The molecular weight excluding hydrogens is 220 g/mol. The van der Waals surface area contributed by atoms with Crippen LogP contribution in [0.4, 0.5) is 5.69 Å². The molecule has 90 valence electrons. The van der Waals surface area contributed by atoms with E-state index in [9.17, 15) is 9.59 Å². The van der Waals surface area contributed by atoms with Crippen LogP contribution in [-0.4, -0.2) is 28.2 Å². The van der Waals surface area contributed by atoms with Gasteiger partial charge in [0.25, 0.3) is 5.56 Å². The van der Waals surface area contributed by atoms with Crippen LogP contribution >= 0.6 is 0 Å². The minimum Gasteiger partial charge on any atom is -0.377 e. The fourth-order valence-corrected chi connectivity index (χ4v) is 1.84. The Kier molecular flexibility index (Phi) is 2.49. The van der Waals surface area contributed by atoms with Crippen molar-refractivity contribution in [2.75, 3.05) is 19.0 Å². The third-order valence-corrected chi connectivity index (χ3v) is 2.80. The van der Waals surface area contributed by atoms with Crippen molar-refractivity contribution < 1.29 is 0 Å². The van der Waals surface area contributed by atoms with Gasteiger partial charge in [-0.05, 0) is 6.07 Å². The number of aromatic nitrogens is 3. The third-order valence-electron chi connectivity index (χ3n) is 2.80. The summed E-state index contributed by atoms with van der Waals surface area (Å²) in [5, 5.41) is 0.460. The number of anilines is 1. The fourth-order valence-electron chi connectivity index (χ4n) is 1.84. The summed E-state index contributed by atoms with van der Waals surface area (Å²) in [4.78, 5) is 29.8. The van der Waals surface area contributed by atoms with Gasteiger partial charge in [-0.2, -0.15) is 0 Å². The van der Waals surface area contributed by atoms with E-state index in [0.29, 0.717) is 11.0 Å². The average Bonchev–Trinajstić information content (AvgIpc) is 2.32. The van der Waals surface area contributed by atoms with Crippen LogP contribution in [-0.2, 0) is 14.1 Å². The first-order chi connectivity index (χ1) is 7.95. The van der Waals surface area contributed by atoms with Crippen LogP contribution in [0.25, 0.3) is 11.0 Å². The SMILES string of the molecule is CN(C)c1ccnc2c1c(=O)n(C)c(=O)n2C. The largest absolute Gasteiger partial charge is 0.377 e. The van der Waals surface area contributed by atoms with E-state index in [2.05, 4.69) is 4.98 Å². The maximum atomic E-state index is 12.1. The number of pyridine rings is 1. The summed E-state index contributed by atoms with van der Waals surface area (Å²) in [5.74, 6) is 0. The second-order valence-corrected chi connectivity index (χ2v) is 4.13. The van der Waals surface area contributed by atoms with Crippen molar-refractivity contribution in [1.82, 2.24) is 14.1 Å². The Morgan fingerprint density at radius 1 is 1.18 bits per heavy atom. The topological polar surface area (TPSA) is 60.1 Å². The lowest BCUT2D eigenvalue weighted by atomic mass is 10.2. The van der Waals surface area contributed by atoms with Crippen LogP contribution in [0.3, 0.4) is 0 Å². The predicted molar refractivity (Wildman–Crippen MR) is 66.6 cm³/mol. The van der Waals surface area contributed by atoms with Gasteiger partial charge in [0.1, 0.15) is 5.39 Å². The lowest BCUT2D eigenvalue weighted by Crippen LogP contribution is -2.37. The van der Waals surface area contributed by atoms with Gasteiger partial charge in [0.05, 0.1) is 5.69 Å². The number of aryl methyl sites for hydroxylation is 1.